The number of hydrogen-bond acceptors (Lipinski definition) is 6. The molecule has 0 saturated heterocycles. The number of fused-ring (bicyclic) bond motifs is 1. The van der Waals surface area contributed by atoms with Crippen molar-refractivity contribution in [2.24, 2.45) is 0 Å². The Morgan fingerprint density at radius 2 is 2.10 bits per heavy atom. The normalized spacial score (nSPS) is 11.3. The van der Waals surface area contributed by atoms with Gasteiger partial charge < -0.3 is 9.40 Å². The summed E-state index contributed by atoms with van der Waals surface area (Å²) in [5.74, 6) is 1.79. The van der Waals surface area contributed by atoms with Gasteiger partial charge in [0.15, 0.2) is 5.16 Å². The summed E-state index contributed by atoms with van der Waals surface area (Å²) in [5.41, 5.74) is 1.63. The van der Waals surface area contributed by atoms with E-state index in [-0.39, 0.29) is 5.56 Å². The molecule has 0 unspecified atom stereocenters. The van der Waals surface area contributed by atoms with Crippen molar-refractivity contribution in [3.05, 3.63) is 81.1 Å². The van der Waals surface area contributed by atoms with Gasteiger partial charge in [0.05, 0.1) is 17.4 Å². The summed E-state index contributed by atoms with van der Waals surface area (Å²) in [5, 5.41) is 3.30. The number of furan rings is 1. The van der Waals surface area contributed by atoms with Gasteiger partial charge in [-0.15, -0.1) is 11.3 Å². The highest BCUT2D eigenvalue weighted by atomic mass is 79.9. The zero-order valence-corrected chi connectivity index (χ0v) is 18.1. The monoisotopic (exact) mass is 484 g/mol. The van der Waals surface area contributed by atoms with Crippen LogP contribution in [0.25, 0.3) is 27.2 Å². The topological polar surface area (TPSA) is 76.7 Å². The molecule has 1 aromatic carbocycles. The van der Waals surface area contributed by atoms with Crippen LogP contribution in [-0.2, 0) is 5.75 Å². The summed E-state index contributed by atoms with van der Waals surface area (Å²) in [6.07, 6.45) is 5.28. The molecule has 0 amide bonds. The van der Waals surface area contributed by atoms with E-state index in [0.717, 1.165) is 20.9 Å². The van der Waals surface area contributed by atoms with Crippen LogP contribution in [0.5, 0.6) is 0 Å². The summed E-state index contributed by atoms with van der Waals surface area (Å²) in [6, 6.07) is 11.7. The molecule has 0 aliphatic carbocycles. The Hall–Kier alpha value is -2.62. The number of halogens is 1. The number of imidazole rings is 1. The number of rotatable bonds is 5. The van der Waals surface area contributed by atoms with Gasteiger partial charge in [-0.2, -0.15) is 0 Å². The standard InChI is InChI=1S/C20H13BrN4O2S2/c21-12-3-5-13(6-4-12)25-8-7-22-20(25)29-11-16-23-18(26)17-14(10-28-19(17)24-16)15-2-1-9-27-15/h1-10H,11H2,(H,23,24,26). The minimum Gasteiger partial charge on any atom is -0.464 e. The van der Waals surface area contributed by atoms with E-state index >= 15 is 0 Å². The Morgan fingerprint density at radius 3 is 2.90 bits per heavy atom. The Balaban J connectivity index is 1.42. The van der Waals surface area contributed by atoms with Gasteiger partial charge in [-0.05, 0) is 36.4 Å². The van der Waals surface area contributed by atoms with Crippen molar-refractivity contribution in [2.75, 3.05) is 0 Å². The van der Waals surface area contributed by atoms with Crippen molar-refractivity contribution in [2.45, 2.75) is 10.9 Å². The number of aromatic nitrogens is 4. The molecule has 0 atom stereocenters. The number of aromatic amines is 1. The predicted octanol–water partition coefficient (Wildman–Crippen LogP) is 5.49. The van der Waals surface area contributed by atoms with Crippen molar-refractivity contribution in [3.63, 3.8) is 0 Å². The molecule has 6 nitrogen and oxygen atoms in total. The van der Waals surface area contributed by atoms with E-state index in [1.165, 1.54) is 23.1 Å². The minimum absolute atomic E-state index is 0.158. The highest BCUT2D eigenvalue weighted by Crippen LogP contribution is 2.31. The number of thiophene rings is 1. The van der Waals surface area contributed by atoms with Gasteiger partial charge in [-0.3, -0.25) is 9.36 Å². The minimum atomic E-state index is -0.158. The molecule has 4 heterocycles. The number of benzene rings is 1. The Labute approximate surface area is 181 Å². The molecule has 0 radical (unpaired) electrons. The van der Waals surface area contributed by atoms with E-state index in [9.17, 15) is 4.79 Å². The molecule has 5 rings (SSSR count). The van der Waals surface area contributed by atoms with E-state index in [1.54, 1.807) is 18.5 Å². The molecule has 0 aliphatic heterocycles. The fourth-order valence-corrected chi connectivity index (χ4v) is 5.06. The fourth-order valence-electron chi connectivity index (χ4n) is 3.00. The summed E-state index contributed by atoms with van der Waals surface area (Å²) >= 11 is 6.41. The van der Waals surface area contributed by atoms with E-state index in [0.29, 0.717) is 27.6 Å². The van der Waals surface area contributed by atoms with E-state index in [4.69, 9.17) is 4.42 Å². The van der Waals surface area contributed by atoms with Crippen molar-refractivity contribution in [3.8, 4) is 17.0 Å². The largest absolute Gasteiger partial charge is 0.464 e. The van der Waals surface area contributed by atoms with E-state index in [1.807, 2.05) is 46.5 Å². The zero-order valence-electron chi connectivity index (χ0n) is 14.8. The van der Waals surface area contributed by atoms with Crippen molar-refractivity contribution >= 4 is 49.2 Å². The molecular formula is C20H13BrN4O2S2. The van der Waals surface area contributed by atoms with E-state index in [2.05, 4.69) is 30.9 Å². The quantitative estimate of drug-likeness (QED) is 0.334. The zero-order chi connectivity index (χ0) is 19.8. The number of nitrogens with one attached hydrogen (secondary N) is 1. The fraction of sp³-hybridized carbons (Fsp3) is 0.0500. The lowest BCUT2D eigenvalue weighted by atomic mass is 10.2. The number of H-pyrrole nitrogens is 1. The molecule has 0 fully saturated rings. The highest BCUT2D eigenvalue weighted by Gasteiger charge is 2.15. The van der Waals surface area contributed by atoms with Gasteiger partial charge >= 0.3 is 0 Å². The van der Waals surface area contributed by atoms with Crippen LogP contribution in [0.4, 0.5) is 0 Å². The molecule has 0 aliphatic rings. The maximum absolute atomic E-state index is 12.7. The summed E-state index contributed by atoms with van der Waals surface area (Å²) in [7, 11) is 0. The molecular weight excluding hydrogens is 472 g/mol. The van der Waals surface area contributed by atoms with Gasteiger partial charge in [0.1, 0.15) is 16.4 Å². The van der Waals surface area contributed by atoms with Crippen LogP contribution in [0.15, 0.2) is 79.3 Å². The van der Waals surface area contributed by atoms with Gasteiger partial charge in [0.25, 0.3) is 5.56 Å². The first-order valence-corrected chi connectivity index (χ1v) is 11.3. The molecule has 1 N–H and O–H groups in total. The average Bonchev–Trinajstić information content (AvgIpc) is 3.47. The summed E-state index contributed by atoms with van der Waals surface area (Å²) < 4.78 is 8.47. The highest BCUT2D eigenvalue weighted by molar-refractivity contribution is 9.10. The van der Waals surface area contributed by atoms with Crippen molar-refractivity contribution in [1.82, 2.24) is 19.5 Å². The van der Waals surface area contributed by atoms with Crippen LogP contribution < -0.4 is 5.56 Å². The molecule has 4 aromatic heterocycles. The van der Waals surface area contributed by atoms with E-state index < -0.39 is 0 Å². The second-order valence-corrected chi connectivity index (χ2v) is 8.88. The molecule has 0 spiro atoms. The van der Waals surface area contributed by atoms with Crippen LogP contribution >= 0.6 is 39.0 Å². The molecule has 0 bridgehead atoms. The summed E-state index contributed by atoms with van der Waals surface area (Å²) in [4.78, 5) is 25.4. The SMILES string of the molecule is O=c1[nH]c(CSc2nccn2-c2ccc(Br)cc2)nc2scc(-c3ccco3)c12. The second kappa shape index (κ2) is 7.66. The third-order valence-corrected chi connectivity index (χ3v) is 6.71. The Bertz CT molecular complexity index is 1340. The lowest BCUT2D eigenvalue weighted by Crippen LogP contribution is -2.10. The first kappa shape index (κ1) is 18.4. The first-order chi connectivity index (χ1) is 14.2. The van der Waals surface area contributed by atoms with Crippen molar-refractivity contribution < 1.29 is 4.42 Å². The second-order valence-electron chi connectivity index (χ2n) is 6.16. The van der Waals surface area contributed by atoms with Gasteiger partial charge in [-0.25, -0.2) is 9.97 Å². The maximum atomic E-state index is 12.7. The van der Waals surface area contributed by atoms with Crippen LogP contribution in [0.3, 0.4) is 0 Å². The predicted molar refractivity (Wildman–Crippen MR) is 119 cm³/mol. The van der Waals surface area contributed by atoms with Gasteiger partial charge in [0, 0.05) is 33.5 Å². The Morgan fingerprint density at radius 1 is 1.24 bits per heavy atom. The van der Waals surface area contributed by atoms with Crippen LogP contribution in [0.1, 0.15) is 5.82 Å². The molecule has 5 aromatic rings. The summed E-state index contributed by atoms with van der Waals surface area (Å²) in [6.45, 7) is 0. The molecule has 144 valence electrons. The smallest absolute Gasteiger partial charge is 0.260 e. The lowest BCUT2D eigenvalue weighted by molar-refractivity contribution is 0.583. The van der Waals surface area contributed by atoms with Gasteiger partial charge in [0.2, 0.25) is 0 Å². The van der Waals surface area contributed by atoms with Crippen molar-refractivity contribution in [1.29, 1.82) is 0 Å². The first-order valence-electron chi connectivity index (χ1n) is 8.65. The number of thioether (sulfide) groups is 1. The lowest BCUT2D eigenvalue weighted by Gasteiger charge is -2.07. The number of nitrogens with zero attached hydrogens (tertiary/aromatic N) is 3. The van der Waals surface area contributed by atoms with Crippen LogP contribution in [0, 0.1) is 0 Å². The third kappa shape index (κ3) is 3.57. The van der Waals surface area contributed by atoms with Gasteiger partial charge in [-0.1, -0.05) is 27.7 Å². The molecule has 0 saturated carbocycles. The molecule has 29 heavy (non-hydrogen) atoms. The number of hydrogen-bond donors (Lipinski definition) is 1. The third-order valence-electron chi connectivity index (χ3n) is 4.33. The maximum Gasteiger partial charge on any atom is 0.260 e. The molecule has 9 heteroatoms. The van der Waals surface area contributed by atoms with Crippen LogP contribution in [0.2, 0.25) is 0 Å². The average molecular weight is 485 g/mol. The van der Waals surface area contributed by atoms with Crippen LogP contribution in [-0.4, -0.2) is 19.5 Å². The Kier molecular flexibility index (Phi) is 4.86.